The molecular weight excluding hydrogens is 468 g/mol. The number of anilines is 1. The molecule has 11 heteroatoms. The number of rotatable bonds is 9. The van der Waals surface area contributed by atoms with Gasteiger partial charge in [-0.15, -0.1) is 11.3 Å². The summed E-state index contributed by atoms with van der Waals surface area (Å²) in [5, 5.41) is 14.5. The van der Waals surface area contributed by atoms with Crippen LogP contribution in [-0.2, 0) is 24.2 Å². The Labute approximate surface area is 196 Å². The number of esters is 1. The largest absolute Gasteiger partial charge is 0.507 e. The van der Waals surface area contributed by atoms with Crippen molar-refractivity contribution in [1.29, 1.82) is 0 Å². The van der Waals surface area contributed by atoms with Crippen molar-refractivity contribution in [3.8, 4) is 5.75 Å². The van der Waals surface area contributed by atoms with Crippen molar-refractivity contribution in [3.05, 3.63) is 34.8 Å². The number of amides is 1. The number of nitrogens with zero attached hydrogens (tertiary/aromatic N) is 1. The van der Waals surface area contributed by atoms with Crippen LogP contribution in [0.4, 0.5) is 5.13 Å². The molecule has 1 unspecified atom stereocenters. The molecule has 1 aromatic heterocycles. The first-order valence-electron chi connectivity index (χ1n) is 10.6. The Morgan fingerprint density at radius 3 is 2.58 bits per heavy atom. The van der Waals surface area contributed by atoms with Gasteiger partial charge in [-0.25, -0.2) is 18.2 Å². The maximum Gasteiger partial charge on any atom is 0.381 e. The molecule has 1 heterocycles. The van der Waals surface area contributed by atoms with E-state index in [-0.39, 0.29) is 22.3 Å². The number of hydrogen-bond donors (Lipinski definition) is 2. The van der Waals surface area contributed by atoms with E-state index >= 15 is 0 Å². The molecule has 0 aliphatic heterocycles. The number of hydrogen-bond acceptors (Lipinski definition) is 9. The zero-order chi connectivity index (χ0) is 24.2. The molecule has 178 valence electrons. The third-order valence-electron chi connectivity index (χ3n) is 5.57. The Morgan fingerprint density at radius 1 is 1.27 bits per heavy atom. The summed E-state index contributed by atoms with van der Waals surface area (Å²) in [4.78, 5) is 40.7. The maximum atomic E-state index is 13.2. The summed E-state index contributed by atoms with van der Waals surface area (Å²) in [6.45, 7) is 1.65. The molecule has 1 aliphatic rings. The van der Waals surface area contributed by atoms with Crippen LogP contribution in [0.15, 0.2) is 28.5 Å². The highest BCUT2D eigenvalue weighted by Gasteiger charge is 2.29. The minimum Gasteiger partial charge on any atom is -0.507 e. The standard InChI is InChI=1S/C22H26N2O7S2/c1-3-31-21(28)19(26)16-12-32-22(23-16)24-20(27)15(10-13-6-4-5-7-13)14-8-9-18(17(25)11-14)33(2,29)30/h8-9,11-13,15,25H,3-7,10H2,1-2H3,(H,23,24,27). The summed E-state index contributed by atoms with van der Waals surface area (Å²) in [6.07, 6.45) is 5.69. The molecule has 3 rings (SSSR count). The van der Waals surface area contributed by atoms with E-state index < -0.39 is 39.2 Å². The smallest absolute Gasteiger partial charge is 0.381 e. The van der Waals surface area contributed by atoms with Gasteiger partial charge in [-0.05, 0) is 37.0 Å². The van der Waals surface area contributed by atoms with Gasteiger partial charge in [0.25, 0.3) is 5.78 Å². The number of sulfone groups is 1. The molecule has 9 nitrogen and oxygen atoms in total. The molecule has 33 heavy (non-hydrogen) atoms. The molecule has 1 atom stereocenters. The van der Waals surface area contributed by atoms with Crippen LogP contribution in [0, 0.1) is 5.92 Å². The maximum absolute atomic E-state index is 13.2. The van der Waals surface area contributed by atoms with Crippen LogP contribution in [-0.4, -0.2) is 49.0 Å². The molecule has 1 aromatic carbocycles. The molecule has 1 aliphatic carbocycles. The normalized spacial score (nSPS) is 15.2. The van der Waals surface area contributed by atoms with Crippen molar-refractivity contribution in [1.82, 2.24) is 4.98 Å². The van der Waals surface area contributed by atoms with Crippen LogP contribution in [0.1, 0.15) is 61.0 Å². The molecule has 0 saturated heterocycles. The Hall–Kier alpha value is -2.79. The molecule has 2 N–H and O–H groups in total. The summed E-state index contributed by atoms with van der Waals surface area (Å²) in [6, 6.07) is 4.15. The number of thiazole rings is 1. The lowest BCUT2D eigenvalue weighted by Gasteiger charge is -2.20. The zero-order valence-electron chi connectivity index (χ0n) is 18.4. The van der Waals surface area contributed by atoms with Gasteiger partial charge in [0.05, 0.1) is 12.5 Å². The Bertz CT molecular complexity index is 1150. The molecule has 1 amide bonds. The van der Waals surface area contributed by atoms with Crippen molar-refractivity contribution in [2.45, 2.75) is 49.8 Å². The van der Waals surface area contributed by atoms with Gasteiger partial charge in [-0.1, -0.05) is 31.7 Å². The monoisotopic (exact) mass is 494 g/mol. The van der Waals surface area contributed by atoms with E-state index in [2.05, 4.69) is 15.0 Å². The van der Waals surface area contributed by atoms with Gasteiger partial charge in [-0.2, -0.15) is 0 Å². The zero-order valence-corrected chi connectivity index (χ0v) is 20.0. The number of ketones is 1. The molecular formula is C22H26N2O7S2. The molecule has 1 fully saturated rings. The topological polar surface area (TPSA) is 140 Å². The van der Waals surface area contributed by atoms with E-state index in [9.17, 15) is 27.9 Å². The first kappa shape index (κ1) is 24.8. The van der Waals surface area contributed by atoms with Crippen LogP contribution in [0.5, 0.6) is 5.75 Å². The van der Waals surface area contributed by atoms with Crippen LogP contribution in [0.2, 0.25) is 0 Å². The molecule has 0 bridgehead atoms. The predicted octanol–water partition coefficient (Wildman–Crippen LogP) is 3.30. The number of phenolic OH excluding ortho intramolecular Hbond substituents is 1. The van der Waals surface area contributed by atoms with E-state index in [1.807, 2.05) is 0 Å². The highest BCUT2D eigenvalue weighted by Crippen LogP contribution is 2.37. The van der Waals surface area contributed by atoms with E-state index in [4.69, 9.17) is 0 Å². The van der Waals surface area contributed by atoms with Crippen molar-refractivity contribution in [3.63, 3.8) is 0 Å². The second-order valence-electron chi connectivity index (χ2n) is 8.01. The predicted molar refractivity (Wildman–Crippen MR) is 122 cm³/mol. The number of carbonyl (C=O) groups excluding carboxylic acids is 3. The lowest BCUT2D eigenvalue weighted by atomic mass is 9.87. The van der Waals surface area contributed by atoms with E-state index in [1.165, 1.54) is 23.6 Å². The summed E-state index contributed by atoms with van der Waals surface area (Å²) >= 11 is 1.01. The number of phenols is 1. The third-order valence-corrected chi connectivity index (χ3v) is 7.47. The second-order valence-corrected chi connectivity index (χ2v) is 10.9. The fourth-order valence-electron chi connectivity index (χ4n) is 3.97. The number of Topliss-reactive ketones (excluding diaryl/α,β-unsaturated/α-hetero) is 1. The Balaban J connectivity index is 1.83. The lowest BCUT2D eigenvalue weighted by Crippen LogP contribution is -2.23. The molecule has 1 saturated carbocycles. The van der Waals surface area contributed by atoms with E-state index in [1.54, 1.807) is 6.92 Å². The van der Waals surface area contributed by atoms with Gasteiger partial charge in [0.1, 0.15) is 16.3 Å². The molecule has 2 aromatic rings. The van der Waals surface area contributed by atoms with Crippen molar-refractivity contribution < 1.29 is 32.6 Å². The second kappa shape index (κ2) is 10.4. The van der Waals surface area contributed by atoms with Crippen molar-refractivity contribution in [2.75, 3.05) is 18.2 Å². The van der Waals surface area contributed by atoms with Gasteiger partial charge in [0.15, 0.2) is 15.0 Å². The lowest BCUT2D eigenvalue weighted by molar-refractivity contribution is -0.137. The first-order chi connectivity index (χ1) is 15.6. The van der Waals surface area contributed by atoms with E-state index in [0.717, 1.165) is 43.3 Å². The molecule has 0 spiro atoms. The van der Waals surface area contributed by atoms with Gasteiger partial charge >= 0.3 is 5.97 Å². The van der Waals surface area contributed by atoms with Gasteiger partial charge in [-0.3, -0.25) is 9.59 Å². The number of aromatic hydroxyl groups is 1. The van der Waals surface area contributed by atoms with Crippen LogP contribution >= 0.6 is 11.3 Å². The number of nitrogens with one attached hydrogen (secondary N) is 1. The van der Waals surface area contributed by atoms with Gasteiger partial charge in [0.2, 0.25) is 5.91 Å². The average molecular weight is 495 g/mol. The SMILES string of the molecule is CCOC(=O)C(=O)c1csc(NC(=O)C(CC2CCCC2)c2ccc(S(C)(=O)=O)c(O)c2)n1. The number of carbonyl (C=O) groups is 3. The minimum atomic E-state index is -3.61. The minimum absolute atomic E-state index is 0.0616. The van der Waals surface area contributed by atoms with Crippen LogP contribution in [0.3, 0.4) is 0 Å². The average Bonchev–Trinajstić information content (AvgIpc) is 3.42. The molecule has 0 radical (unpaired) electrons. The van der Waals surface area contributed by atoms with Crippen LogP contribution in [0.25, 0.3) is 0 Å². The Morgan fingerprint density at radius 2 is 1.97 bits per heavy atom. The summed E-state index contributed by atoms with van der Waals surface area (Å²) < 4.78 is 28.3. The summed E-state index contributed by atoms with van der Waals surface area (Å²) in [7, 11) is -3.61. The van der Waals surface area contributed by atoms with Crippen molar-refractivity contribution >= 4 is 44.0 Å². The van der Waals surface area contributed by atoms with E-state index in [0.29, 0.717) is 17.9 Å². The first-order valence-corrected chi connectivity index (χ1v) is 13.4. The third kappa shape index (κ3) is 6.17. The summed E-state index contributed by atoms with van der Waals surface area (Å²) in [5.41, 5.74) is 0.375. The summed E-state index contributed by atoms with van der Waals surface area (Å²) in [5.74, 6) is -3.03. The van der Waals surface area contributed by atoms with Crippen LogP contribution < -0.4 is 5.32 Å². The highest BCUT2D eigenvalue weighted by molar-refractivity contribution is 7.90. The fourth-order valence-corrected chi connectivity index (χ4v) is 5.42. The number of benzene rings is 1. The Kier molecular flexibility index (Phi) is 7.85. The van der Waals surface area contributed by atoms with Gasteiger partial charge < -0.3 is 15.2 Å². The number of aromatic nitrogens is 1. The fraction of sp³-hybridized carbons (Fsp3) is 0.455. The highest BCUT2D eigenvalue weighted by atomic mass is 32.2. The van der Waals surface area contributed by atoms with Gasteiger partial charge in [0, 0.05) is 11.6 Å². The quantitative estimate of drug-likeness (QED) is 0.307. The number of ether oxygens (including phenoxy) is 1. The van der Waals surface area contributed by atoms with Crippen molar-refractivity contribution in [2.24, 2.45) is 5.92 Å².